The molecule has 0 radical (unpaired) electrons. The van der Waals surface area contributed by atoms with Gasteiger partial charge in [-0.25, -0.2) is 0 Å². The van der Waals surface area contributed by atoms with Gasteiger partial charge in [0.2, 0.25) is 0 Å². The van der Waals surface area contributed by atoms with E-state index < -0.39 is 0 Å². The molecule has 0 spiro atoms. The molecule has 0 aliphatic heterocycles. The molecule has 0 atom stereocenters. The zero-order valence-corrected chi connectivity index (χ0v) is 11.5. The third-order valence-corrected chi connectivity index (χ3v) is 4.05. The van der Waals surface area contributed by atoms with Crippen LogP contribution in [0.1, 0.15) is 39.5 Å². The quantitative estimate of drug-likeness (QED) is 0.253. The van der Waals surface area contributed by atoms with Crippen LogP contribution in [0, 0.1) is 0 Å². The molecule has 0 unspecified atom stereocenters. The highest BCUT2D eigenvalue weighted by molar-refractivity contribution is 8.25. The fourth-order valence-corrected chi connectivity index (χ4v) is 2.94. The fourth-order valence-electron chi connectivity index (χ4n) is 0.893. The van der Waals surface area contributed by atoms with Crippen LogP contribution in [0.25, 0.3) is 0 Å². The molecule has 6 heteroatoms. The average Bonchev–Trinajstić information content (AvgIpc) is 2.31. The lowest BCUT2D eigenvalue weighted by molar-refractivity contribution is 0.316. The van der Waals surface area contributed by atoms with Gasteiger partial charge in [-0.3, -0.25) is 0 Å². The SMILES string of the molecule is CCCCSC(=N/O)/C(=N\O)SCCCC. The van der Waals surface area contributed by atoms with Crippen molar-refractivity contribution in [1.29, 1.82) is 0 Å². The van der Waals surface area contributed by atoms with Gasteiger partial charge in [-0.15, -0.1) is 23.5 Å². The molecular formula is C10H20N2O2S2. The molecular weight excluding hydrogens is 244 g/mol. The van der Waals surface area contributed by atoms with Crippen molar-refractivity contribution in [1.82, 2.24) is 0 Å². The van der Waals surface area contributed by atoms with Gasteiger partial charge in [0, 0.05) is 0 Å². The third kappa shape index (κ3) is 7.00. The van der Waals surface area contributed by atoms with E-state index in [1.165, 1.54) is 23.5 Å². The second-order valence-electron chi connectivity index (χ2n) is 3.21. The van der Waals surface area contributed by atoms with E-state index in [0.29, 0.717) is 10.1 Å². The first kappa shape index (κ1) is 15.6. The lowest BCUT2D eigenvalue weighted by Crippen LogP contribution is -2.08. The Morgan fingerprint density at radius 1 is 0.875 bits per heavy atom. The van der Waals surface area contributed by atoms with Gasteiger partial charge in [0.05, 0.1) is 0 Å². The number of oxime groups is 2. The zero-order chi connectivity index (χ0) is 12.2. The average molecular weight is 264 g/mol. The van der Waals surface area contributed by atoms with Crippen molar-refractivity contribution in [2.45, 2.75) is 39.5 Å². The normalized spacial score (nSPS) is 13.1. The van der Waals surface area contributed by atoms with Gasteiger partial charge in [0.25, 0.3) is 0 Å². The molecule has 0 heterocycles. The second-order valence-corrected chi connectivity index (χ2v) is 5.38. The zero-order valence-electron chi connectivity index (χ0n) is 9.85. The van der Waals surface area contributed by atoms with Crippen LogP contribution in [-0.2, 0) is 0 Å². The summed E-state index contributed by atoms with van der Waals surface area (Å²) in [5.74, 6) is 1.76. The first-order valence-corrected chi connectivity index (χ1v) is 7.47. The van der Waals surface area contributed by atoms with Crippen molar-refractivity contribution in [2.24, 2.45) is 10.3 Å². The first-order valence-electron chi connectivity index (χ1n) is 5.50. The van der Waals surface area contributed by atoms with Crippen LogP contribution in [0.4, 0.5) is 0 Å². The van der Waals surface area contributed by atoms with E-state index in [-0.39, 0.29) is 0 Å². The third-order valence-electron chi connectivity index (χ3n) is 1.84. The smallest absolute Gasteiger partial charge is 0.171 e. The maximum Gasteiger partial charge on any atom is 0.171 e. The van der Waals surface area contributed by atoms with Crippen LogP contribution in [0.3, 0.4) is 0 Å². The molecule has 0 aromatic rings. The topological polar surface area (TPSA) is 65.2 Å². The van der Waals surface area contributed by atoms with E-state index in [1.54, 1.807) is 0 Å². The van der Waals surface area contributed by atoms with Gasteiger partial charge in [-0.05, 0) is 24.3 Å². The summed E-state index contributed by atoms with van der Waals surface area (Å²) < 4.78 is 0. The number of nitrogens with zero attached hydrogens (tertiary/aromatic N) is 2. The first-order chi connectivity index (χ1) is 7.79. The molecule has 2 N–H and O–H groups in total. The van der Waals surface area contributed by atoms with Crippen LogP contribution >= 0.6 is 23.5 Å². The molecule has 0 aliphatic carbocycles. The summed E-state index contributed by atoms with van der Waals surface area (Å²) in [6, 6.07) is 0. The van der Waals surface area contributed by atoms with Gasteiger partial charge in [0.1, 0.15) is 0 Å². The number of hydrogen-bond acceptors (Lipinski definition) is 6. The maximum atomic E-state index is 8.85. The van der Waals surface area contributed by atoms with Crippen molar-refractivity contribution in [3.05, 3.63) is 0 Å². The Morgan fingerprint density at radius 2 is 1.25 bits per heavy atom. The largest absolute Gasteiger partial charge is 0.410 e. The predicted octanol–water partition coefficient (Wildman–Crippen LogP) is 3.63. The molecule has 0 bridgehead atoms. The minimum Gasteiger partial charge on any atom is -0.410 e. The van der Waals surface area contributed by atoms with Gasteiger partial charge in [-0.1, -0.05) is 37.0 Å². The summed E-state index contributed by atoms with van der Waals surface area (Å²) in [6.45, 7) is 4.21. The molecule has 0 saturated heterocycles. The summed E-state index contributed by atoms with van der Waals surface area (Å²) in [7, 11) is 0. The van der Waals surface area contributed by atoms with Crippen molar-refractivity contribution in [2.75, 3.05) is 11.5 Å². The summed E-state index contributed by atoms with van der Waals surface area (Å²) in [6.07, 6.45) is 4.31. The summed E-state index contributed by atoms with van der Waals surface area (Å²) in [5.41, 5.74) is 0. The Bertz CT molecular complexity index is 209. The molecule has 4 nitrogen and oxygen atoms in total. The van der Waals surface area contributed by atoms with Crippen LogP contribution < -0.4 is 0 Å². The minimum absolute atomic E-state index is 0.414. The molecule has 0 aliphatic rings. The molecule has 0 aromatic heterocycles. The van der Waals surface area contributed by atoms with Gasteiger partial charge in [-0.2, -0.15) is 0 Å². The Hall–Kier alpha value is -0.360. The Morgan fingerprint density at radius 3 is 1.50 bits per heavy atom. The van der Waals surface area contributed by atoms with Crippen LogP contribution in [-0.4, -0.2) is 32.0 Å². The highest BCUT2D eigenvalue weighted by atomic mass is 32.2. The second kappa shape index (κ2) is 11.1. The molecule has 0 fully saturated rings. The number of hydrogen-bond donors (Lipinski definition) is 2. The van der Waals surface area contributed by atoms with Crippen LogP contribution in [0.2, 0.25) is 0 Å². The van der Waals surface area contributed by atoms with E-state index in [1.807, 2.05) is 0 Å². The van der Waals surface area contributed by atoms with E-state index in [0.717, 1.165) is 37.2 Å². The number of thioether (sulfide) groups is 2. The monoisotopic (exact) mass is 264 g/mol. The highest BCUT2D eigenvalue weighted by Gasteiger charge is 2.11. The van der Waals surface area contributed by atoms with Crippen molar-refractivity contribution in [3.63, 3.8) is 0 Å². The molecule has 0 saturated carbocycles. The number of rotatable bonds is 6. The Balaban J connectivity index is 4.09. The molecule has 0 amide bonds. The van der Waals surface area contributed by atoms with Gasteiger partial charge >= 0.3 is 0 Å². The standard InChI is InChI=1S/C10H20N2O2S2/c1-3-5-7-15-9(11-13)10(12-14)16-8-6-4-2/h13-14H,3-8H2,1-2H3/b11-9+,12-10+. The molecule has 94 valence electrons. The summed E-state index contributed by atoms with van der Waals surface area (Å²) in [4.78, 5) is 0. The molecule has 0 rings (SSSR count). The summed E-state index contributed by atoms with van der Waals surface area (Å²) in [5, 5.41) is 24.9. The van der Waals surface area contributed by atoms with Crippen molar-refractivity contribution >= 4 is 33.6 Å². The van der Waals surface area contributed by atoms with E-state index in [9.17, 15) is 0 Å². The Labute approximate surface area is 106 Å². The molecule has 16 heavy (non-hydrogen) atoms. The number of unbranched alkanes of at least 4 members (excludes halogenated alkanes) is 2. The van der Waals surface area contributed by atoms with Crippen molar-refractivity contribution < 1.29 is 10.4 Å². The molecule has 0 aromatic carbocycles. The van der Waals surface area contributed by atoms with Gasteiger partial charge in [0.15, 0.2) is 10.1 Å². The fraction of sp³-hybridized carbons (Fsp3) is 0.800. The predicted molar refractivity (Wildman–Crippen MR) is 73.2 cm³/mol. The van der Waals surface area contributed by atoms with Gasteiger partial charge < -0.3 is 10.4 Å². The minimum atomic E-state index is 0.414. The van der Waals surface area contributed by atoms with E-state index in [2.05, 4.69) is 24.2 Å². The van der Waals surface area contributed by atoms with E-state index >= 15 is 0 Å². The summed E-state index contributed by atoms with van der Waals surface area (Å²) >= 11 is 2.85. The lowest BCUT2D eigenvalue weighted by Gasteiger charge is -2.05. The van der Waals surface area contributed by atoms with Crippen molar-refractivity contribution in [3.8, 4) is 0 Å². The van der Waals surface area contributed by atoms with Crippen LogP contribution in [0.15, 0.2) is 10.3 Å². The highest BCUT2D eigenvalue weighted by Crippen LogP contribution is 2.17. The lowest BCUT2D eigenvalue weighted by atomic mass is 10.4. The Kier molecular flexibility index (Phi) is 10.9. The van der Waals surface area contributed by atoms with Crippen LogP contribution in [0.5, 0.6) is 0 Å². The van der Waals surface area contributed by atoms with E-state index in [4.69, 9.17) is 10.4 Å². The maximum absolute atomic E-state index is 8.85.